The number of aryl methyl sites for hydroxylation is 2. The van der Waals surface area contributed by atoms with E-state index < -0.39 is 10.0 Å². The Morgan fingerprint density at radius 1 is 1.12 bits per heavy atom. The molecule has 0 spiro atoms. The quantitative estimate of drug-likeness (QED) is 0.895. The van der Waals surface area contributed by atoms with Gasteiger partial charge in [0.25, 0.3) is 0 Å². The van der Waals surface area contributed by atoms with Gasteiger partial charge in [-0.15, -0.1) is 0 Å². The zero-order chi connectivity index (χ0) is 17.3. The summed E-state index contributed by atoms with van der Waals surface area (Å²) in [5.41, 5.74) is 4.02. The van der Waals surface area contributed by atoms with Crippen LogP contribution < -0.4 is 10.0 Å². The molecule has 1 amide bonds. The van der Waals surface area contributed by atoms with Crippen LogP contribution in [0, 0.1) is 6.92 Å². The standard InChI is InChI=1S/C18H20N2O3S/c1-12-3-9-17-14(11-12)4-10-18(17)20-24(22,23)16-7-5-15(6-8-16)19-13(2)21/h3,5-9,11,18,20H,4,10H2,1-2H3,(H,19,21). The molecule has 0 fully saturated rings. The van der Waals surface area contributed by atoms with Crippen molar-refractivity contribution in [1.82, 2.24) is 4.72 Å². The van der Waals surface area contributed by atoms with Crippen LogP contribution in [0.5, 0.6) is 0 Å². The molecule has 1 atom stereocenters. The van der Waals surface area contributed by atoms with Crippen LogP contribution in [0.2, 0.25) is 0 Å². The van der Waals surface area contributed by atoms with Crippen LogP contribution in [0.4, 0.5) is 5.69 Å². The number of rotatable bonds is 4. The molecule has 0 aliphatic heterocycles. The van der Waals surface area contributed by atoms with E-state index in [0.29, 0.717) is 5.69 Å². The first kappa shape index (κ1) is 16.7. The van der Waals surface area contributed by atoms with Crippen molar-refractivity contribution in [1.29, 1.82) is 0 Å². The van der Waals surface area contributed by atoms with Crippen molar-refractivity contribution < 1.29 is 13.2 Å². The van der Waals surface area contributed by atoms with Crippen LogP contribution in [-0.4, -0.2) is 14.3 Å². The summed E-state index contributed by atoms with van der Waals surface area (Å²) in [6.45, 7) is 3.44. The Labute approximate surface area is 142 Å². The maximum atomic E-state index is 12.6. The average molecular weight is 344 g/mol. The first-order valence-corrected chi connectivity index (χ1v) is 9.33. The summed E-state index contributed by atoms with van der Waals surface area (Å²) in [7, 11) is -3.60. The van der Waals surface area contributed by atoms with E-state index in [9.17, 15) is 13.2 Å². The van der Waals surface area contributed by atoms with Gasteiger partial charge in [0, 0.05) is 18.7 Å². The van der Waals surface area contributed by atoms with E-state index in [1.54, 1.807) is 12.1 Å². The third kappa shape index (κ3) is 3.49. The third-order valence-electron chi connectivity index (χ3n) is 4.16. The van der Waals surface area contributed by atoms with Crippen molar-refractivity contribution in [3.8, 4) is 0 Å². The van der Waals surface area contributed by atoms with E-state index in [2.05, 4.69) is 16.1 Å². The van der Waals surface area contributed by atoms with Gasteiger partial charge in [-0.2, -0.15) is 0 Å². The van der Waals surface area contributed by atoms with Crippen molar-refractivity contribution in [3.05, 3.63) is 59.2 Å². The van der Waals surface area contributed by atoms with Gasteiger partial charge in [-0.05, 0) is 55.2 Å². The Morgan fingerprint density at radius 3 is 2.50 bits per heavy atom. The Balaban J connectivity index is 1.79. The topological polar surface area (TPSA) is 75.3 Å². The van der Waals surface area contributed by atoms with Crippen LogP contribution in [0.25, 0.3) is 0 Å². The summed E-state index contributed by atoms with van der Waals surface area (Å²) < 4.78 is 28.0. The predicted molar refractivity (Wildman–Crippen MR) is 93.3 cm³/mol. The third-order valence-corrected chi connectivity index (χ3v) is 5.65. The minimum absolute atomic E-state index is 0.192. The van der Waals surface area contributed by atoms with Crippen LogP contribution in [0.15, 0.2) is 47.4 Å². The van der Waals surface area contributed by atoms with Gasteiger partial charge in [-0.25, -0.2) is 13.1 Å². The van der Waals surface area contributed by atoms with E-state index in [-0.39, 0.29) is 16.8 Å². The first-order valence-electron chi connectivity index (χ1n) is 7.84. The molecular formula is C18H20N2O3S. The number of nitrogens with one attached hydrogen (secondary N) is 2. The largest absolute Gasteiger partial charge is 0.326 e. The number of fused-ring (bicyclic) bond motifs is 1. The molecule has 2 aromatic rings. The number of benzene rings is 2. The fraction of sp³-hybridized carbons (Fsp3) is 0.278. The molecular weight excluding hydrogens is 324 g/mol. The minimum atomic E-state index is -3.60. The van der Waals surface area contributed by atoms with Crippen LogP contribution in [0.1, 0.15) is 36.1 Å². The number of hydrogen-bond acceptors (Lipinski definition) is 3. The number of amides is 1. The highest BCUT2D eigenvalue weighted by atomic mass is 32.2. The summed E-state index contributed by atoms with van der Waals surface area (Å²) in [5.74, 6) is -0.193. The number of anilines is 1. The van der Waals surface area contributed by atoms with Crippen molar-refractivity contribution in [2.45, 2.75) is 37.6 Å². The fourth-order valence-electron chi connectivity index (χ4n) is 3.04. The van der Waals surface area contributed by atoms with Crippen molar-refractivity contribution in [2.24, 2.45) is 0 Å². The number of hydrogen-bond donors (Lipinski definition) is 2. The Hall–Kier alpha value is -2.18. The van der Waals surface area contributed by atoms with Gasteiger partial charge < -0.3 is 5.32 Å². The Morgan fingerprint density at radius 2 is 1.83 bits per heavy atom. The zero-order valence-corrected chi connectivity index (χ0v) is 14.5. The summed E-state index contributed by atoms with van der Waals surface area (Å²) in [6, 6.07) is 12.1. The van der Waals surface area contributed by atoms with Gasteiger partial charge in [-0.3, -0.25) is 4.79 Å². The summed E-state index contributed by atoms with van der Waals surface area (Å²) >= 11 is 0. The lowest BCUT2D eigenvalue weighted by Crippen LogP contribution is -2.27. The lowest BCUT2D eigenvalue weighted by atomic mass is 10.1. The molecule has 1 aliphatic carbocycles. The first-order chi connectivity index (χ1) is 11.3. The SMILES string of the molecule is CC(=O)Nc1ccc(S(=O)(=O)NC2CCc3cc(C)ccc32)cc1. The smallest absolute Gasteiger partial charge is 0.241 e. The summed E-state index contributed by atoms with van der Waals surface area (Å²) in [5, 5.41) is 2.62. The highest BCUT2D eigenvalue weighted by molar-refractivity contribution is 7.89. The van der Waals surface area contributed by atoms with E-state index in [0.717, 1.165) is 18.4 Å². The lowest BCUT2D eigenvalue weighted by molar-refractivity contribution is -0.114. The Bertz CT molecular complexity index is 874. The van der Waals surface area contributed by atoms with E-state index >= 15 is 0 Å². The maximum Gasteiger partial charge on any atom is 0.241 e. The second-order valence-electron chi connectivity index (χ2n) is 6.12. The molecule has 0 saturated carbocycles. The van der Waals surface area contributed by atoms with E-state index in [1.165, 1.54) is 30.2 Å². The van der Waals surface area contributed by atoms with E-state index in [1.807, 2.05) is 19.1 Å². The van der Waals surface area contributed by atoms with Gasteiger partial charge in [0.05, 0.1) is 4.90 Å². The molecule has 1 aliphatic rings. The molecule has 2 N–H and O–H groups in total. The zero-order valence-electron chi connectivity index (χ0n) is 13.7. The van der Waals surface area contributed by atoms with Gasteiger partial charge in [0.15, 0.2) is 0 Å². The van der Waals surface area contributed by atoms with Crippen LogP contribution in [0.3, 0.4) is 0 Å². The number of carbonyl (C=O) groups excluding carboxylic acids is 1. The second-order valence-corrected chi connectivity index (χ2v) is 7.83. The molecule has 0 heterocycles. The monoisotopic (exact) mass is 344 g/mol. The normalized spacial score (nSPS) is 16.7. The average Bonchev–Trinajstić information content (AvgIpc) is 2.88. The molecule has 0 radical (unpaired) electrons. The van der Waals surface area contributed by atoms with Gasteiger partial charge in [0.1, 0.15) is 0 Å². The maximum absolute atomic E-state index is 12.6. The molecule has 24 heavy (non-hydrogen) atoms. The van der Waals surface area contributed by atoms with E-state index in [4.69, 9.17) is 0 Å². The molecule has 1 unspecified atom stereocenters. The number of carbonyl (C=O) groups is 1. The predicted octanol–water partition coefficient (Wildman–Crippen LogP) is 2.92. The minimum Gasteiger partial charge on any atom is -0.326 e. The summed E-state index contributed by atoms with van der Waals surface area (Å²) in [4.78, 5) is 11.2. The second kappa shape index (κ2) is 6.37. The van der Waals surface area contributed by atoms with Crippen molar-refractivity contribution >= 4 is 21.6 Å². The van der Waals surface area contributed by atoms with Gasteiger partial charge in [-0.1, -0.05) is 23.8 Å². The number of sulfonamides is 1. The summed E-state index contributed by atoms with van der Waals surface area (Å²) in [6.07, 6.45) is 1.65. The molecule has 3 rings (SSSR count). The highest BCUT2D eigenvalue weighted by Gasteiger charge is 2.27. The molecule has 5 nitrogen and oxygen atoms in total. The molecule has 0 saturated heterocycles. The fourth-order valence-corrected chi connectivity index (χ4v) is 4.29. The van der Waals surface area contributed by atoms with Crippen molar-refractivity contribution in [3.63, 3.8) is 0 Å². The van der Waals surface area contributed by atoms with Crippen molar-refractivity contribution in [2.75, 3.05) is 5.32 Å². The lowest BCUT2D eigenvalue weighted by Gasteiger charge is -2.15. The molecule has 2 aromatic carbocycles. The Kier molecular flexibility index (Phi) is 4.43. The molecule has 126 valence electrons. The molecule has 6 heteroatoms. The van der Waals surface area contributed by atoms with Crippen LogP contribution >= 0.6 is 0 Å². The molecule has 0 aromatic heterocycles. The highest BCUT2D eigenvalue weighted by Crippen LogP contribution is 2.33. The van der Waals surface area contributed by atoms with Crippen LogP contribution in [-0.2, 0) is 21.2 Å². The molecule has 0 bridgehead atoms. The van der Waals surface area contributed by atoms with Gasteiger partial charge in [0.2, 0.25) is 15.9 Å². The van der Waals surface area contributed by atoms with Gasteiger partial charge >= 0.3 is 0 Å².